The molecule has 1 heterocycles. The molecule has 1 rings (SSSR count). The van der Waals surface area contributed by atoms with Gasteiger partial charge in [-0.1, -0.05) is 11.6 Å². The van der Waals surface area contributed by atoms with Crippen molar-refractivity contribution in [3.05, 3.63) is 33.1 Å². The highest BCUT2D eigenvalue weighted by Crippen LogP contribution is 2.27. The third-order valence-electron chi connectivity index (χ3n) is 2.17. The lowest BCUT2D eigenvalue weighted by Crippen LogP contribution is -2.20. The molecule has 0 aliphatic carbocycles. The summed E-state index contributed by atoms with van der Waals surface area (Å²) in [5, 5.41) is 38.2. The van der Waals surface area contributed by atoms with Gasteiger partial charge in [-0.05, 0) is 6.42 Å². The molecule has 3 N–H and O–H groups in total. The van der Waals surface area contributed by atoms with Gasteiger partial charge in [0.25, 0.3) is 5.69 Å². The predicted octanol–water partition coefficient (Wildman–Crippen LogP) is 0.420. The summed E-state index contributed by atoms with van der Waals surface area (Å²) in [5.74, 6) is 0. The minimum Gasteiger partial charge on any atom is -0.396 e. The molecule has 94 valence electrons. The smallest absolute Gasteiger partial charge is 0.288 e. The van der Waals surface area contributed by atoms with Crippen molar-refractivity contribution < 1.29 is 20.2 Å². The Hall–Kier alpha value is -1.28. The van der Waals surface area contributed by atoms with Gasteiger partial charge in [0.2, 0.25) is 0 Å². The Morgan fingerprint density at radius 3 is 2.71 bits per heavy atom. The number of aromatic nitrogens is 1. The molecule has 0 aliphatic rings. The van der Waals surface area contributed by atoms with Crippen molar-refractivity contribution in [3.63, 3.8) is 0 Å². The summed E-state index contributed by atoms with van der Waals surface area (Å²) in [6, 6.07) is 1.04. The van der Waals surface area contributed by atoms with Crippen LogP contribution >= 0.6 is 11.6 Å². The van der Waals surface area contributed by atoms with Crippen LogP contribution in [0.1, 0.15) is 18.1 Å². The lowest BCUT2D eigenvalue weighted by Gasteiger charge is -2.17. The summed E-state index contributed by atoms with van der Waals surface area (Å²) in [6.07, 6.45) is -1.81. The van der Waals surface area contributed by atoms with Crippen molar-refractivity contribution in [2.75, 3.05) is 6.61 Å². The van der Waals surface area contributed by atoms with Crippen molar-refractivity contribution >= 4 is 17.3 Å². The van der Waals surface area contributed by atoms with Gasteiger partial charge in [0.05, 0.1) is 11.0 Å². The molecular formula is C9H11ClN2O5. The van der Waals surface area contributed by atoms with E-state index in [-0.39, 0.29) is 29.4 Å². The van der Waals surface area contributed by atoms with Gasteiger partial charge in [-0.15, -0.1) is 0 Å². The third-order valence-corrected chi connectivity index (χ3v) is 2.49. The topological polar surface area (TPSA) is 117 Å². The predicted molar refractivity (Wildman–Crippen MR) is 58.6 cm³/mol. The molecule has 1 aromatic heterocycles. The molecule has 0 bridgehead atoms. The fourth-order valence-corrected chi connectivity index (χ4v) is 1.47. The second-order valence-corrected chi connectivity index (χ2v) is 3.71. The molecule has 7 nitrogen and oxygen atoms in total. The Labute approximate surface area is 101 Å². The highest BCUT2D eigenvalue weighted by atomic mass is 35.5. The molecular weight excluding hydrogens is 252 g/mol. The van der Waals surface area contributed by atoms with E-state index in [1.807, 2.05) is 0 Å². The van der Waals surface area contributed by atoms with E-state index >= 15 is 0 Å². The Balaban J connectivity index is 3.03. The molecule has 0 spiro atoms. The Bertz CT molecular complexity index is 414. The van der Waals surface area contributed by atoms with E-state index in [0.717, 1.165) is 12.3 Å². The average molecular weight is 263 g/mol. The minimum atomic E-state index is -1.43. The number of nitro groups is 1. The maximum absolute atomic E-state index is 10.5. The van der Waals surface area contributed by atoms with Crippen LogP contribution in [0.5, 0.6) is 0 Å². The summed E-state index contributed by atoms with van der Waals surface area (Å²) in [7, 11) is 0. The first-order chi connectivity index (χ1) is 7.97. The van der Waals surface area contributed by atoms with Crippen LogP contribution in [0.3, 0.4) is 0 Å². The Morgan fingerprint density at radius 1 is 1.53 bits per heavy atom. The van der Waals surface area contributed by atoms with E-state index in [4.69, 9.17) is 16.7 Å². The number of hydrogen-bond acceptors (Lipinski definition) is 6. The number of hydrogen-bond donors (Lipinski definition) is 3. The standard InChI is InChI=1S/C9H11ClN2O5/c10-9-6(8(15)7(14)1-2-13)3-5(4-11-9)12(16)17/h3-4,7-8,13-15H,1-2H2. The molecule has 0 radical (unpaired) electrons. The van der Waals surface area contributed by atoms with E-state index in [1.54, 1.807) is 0 Å². The number of aliphatic hydroxyl groups excluding tert-OH is 3. The van der Waals surface area contributed by atoms with E-state index in [9.17, 15) is 20.3 Å². The summed E-state index contributed by atoms with van der Waals surface area (Å²) in [6.45, 7) is -0.321. The van der Waals surface area contributed by atoms with Gasteiger partial charge in [0.15, 0.2) is 0 Å². The third kappa shape index (κ3) is 3.34. The van der Waals surface area contributed by atoms with E-state index < -0.39 is 17.1 Å². The van der Waals surface area contributed by atoms with Gasteiger partial charge in [-0.25, -0.2) is 4.98 Å². The van der Waals surface area contributed by atoms with Crippen molar-refractivity contribution in [3.8, 4) is 0 Å². The number of aliphatic hydroxyl groups is 3. The largest absolute Gasteiger partial charge is 0.396 e. The zero-order valence-electron chi connectivity index (χ0n) is 8.65. The van der Waals surface area contributed by atoms with Crippen LogP contribution in [0.4, 0.5) is 5.69 Å². The monoisotopic (exact) mass is 262 g/mol. The normalized spacial score (nSPS) is 14.4. The first-order valence-corrected chi connectivity index (χ1v) is 5.12. The highest BCUT2D eigenvalue weighted by Gasteiger charge is 2.23. The molecule has 0 aliphatic heterocycles. The summed E-state index contributed by atoms with van der Waals surface area (Å²) >= 11 is 5.67. The van der Waals surface area contributed by atoms with Crippen molar-refractivity contribution in [2.45, 2.75) is 18.6 Å². The highest BCUT2D eigenvalue weighted by molar-refractivity contribution is 6.30. The Morgan fingerprint density at radius 2 is 2.18 bits per heavy atom. The van der Waals surface area contributed by atoms with Crippen LogP contribution in [0, 0.1) is 10.1 Å². The van der Waals surface area contributed by atoms with E-state index in [0.29, 0.717) is 0 Å². The Kier molecular flexibility index (Phi) is 4.76. The van der Waals surface area contributed by atoms with Gasteiger partial charge < -0.3 is 15.3 Å². The first kappa shape index (κ1) is 13.8. The zero-order chi connectivity index (χ0) is 13.0. The van der Waals surface area contributed by atoms with E-state index in [1.165, 1.54) is 0 Å². The summed E-state index contributed by atoms with van der Waals surface area (Å²) in [5.41, 5.74) is -0.374. The molecule has 0 fully saturated rings. The van der Waals surface area contributed by atoms with Gasteiger partial charge in [0, 0.05) is 18.2 Å². The summed E-state index contributed by atoms with van der Waals surface area (Å²) < 4.78 is 0. The van der Waals surface area contributed by atoms with Crippen molar-refractivity contribution in [1.29, 1.82) is 0 Å². The van der Waals surface area contributed by atoms with Gasteiger partial charge in [-0.3, -0.25) is 10.1 Å². The molecule has 8 heteroatoms. The molecule has 0 saturated heterocycles. The van der Waals surface area contributed by atoms with Gasteiger partial charge >= 0.3 is 0 Å². The average Bonchev–Trinajstić information content (AvgIpc) is 2.28. The molecule has 2 unspecified atom stereocenters. The molecule has 17 heavy (non-hydrogen) atoms. The van der Waals surface area contributed by atoms with Crippen LogP contribution in [-0.4, -0.2) is 37.9 Å². The number of halogens is 1. The van der Waals surface area contributed by atoms with Crippen LogP contribution in [0.2, 0.25) is 5.15 Å². The molecule has 2 atom stereocenters. The second-order valence-electron chi connectivity index (χ2n) is 3.36. The van der Waals surface area contributed by atoms with Crippen molar-refractivity contribution in [2.24, 2.45) is 0 Å². The lowest BCUT2D eigenvalue weighted by atomic mass is 10.0. The van der Waals surface area contributed by atoms with E-state index in [2.05, 4.69) is 4.98 Å². The maximum Gasteiger partial charge on any atom is 0.288 e. The second kappa shape index (κ2) is 5.87. The lowest BCUT2D eigenvalue weighted by molar-refractivity contribution is -0.385. The molecule has 1 aromatic rings. The number of pyridine rings is 1. The van der Waals surface area contributed by atoms with Crippen LogP contribution < -0.4 is 0 Å². The van der Waals surface area contributed by atoms with Crippen LogP contribution in [0.25, 0.3) is 0 Å². The first-order valence-electron chi connectivity index (χ1n) is 4.74. The number of nitrogens with zero attached hydrogens (tertiary/aromatic N) is 2. The zero-order valence-corrected chi connectivity index (χ0v) is 9.41. The fourth-order valence-electron chi connectivity index (χ4n) is 1.26. The molecule has 0 saturated carbocycles. The minimum absolute atomic E-state index is 0.0400. The maximum atomic E-state index is 10.5. The summed E-state index contributed by atoms with van der Waals surface area (Å²) in [4.78, 5) is 13.4. The number of rotatable bonds is 5. The fraction of sp³-hybridized carbons (Fsp3) is 0.444. The van der Waals surface area contributed by atoms with Gasteiger partial charge in [0.1, 0.15) is 17.5 Å². The molecule has 0 amide bonds. The SMILES string of the molecule is O=[N+]([O-])c1cnc(Cl)c(C(O)C(O)CCO)c1. The molecule has 0 aromatic carbocycles. The van der Waals surface area contributed by atoms with Crippen LogP contribution in [-0.2, 0) is 0 Å². The van der Waals surface area contributed by atoms with Crippen molar-refractivity contribution in [1.82, 2.24) is 4.98 Å². The van der Waals surface area contributed by atoms with Crippen LogP contribution in [0.15, 0.2) is 12.3 Å². The quantitative estimate of drug-likeness (QED) is 0.402. The van der Waals surface area contributed by atoms with Gasteiger partial charge in [-0.2, -0.15) is 0 Å².